The number of carboxylic acid groups (broad SMARTS) is 1. The van der Waals surface area contributed by atoms with Gasteiger partial charge in [-0.15, -0.1) is 0 Å². The van der Waals surface area contributed by atoms with E-state index in [0.29, 0.717) is 5.56 Å². The minimum atomic E-state index is -0.913. The second-order valence-electron chi connectivity index (χ2n) is 3.98. The average Bonchev–Trinajstić information content (AvgIpc) is 2.89. The molecule has 2 nitrogen and oxygen atoms in total. The fourth-order valence-corrected chi connectivity index (χ4v) is 1.83. The summed E-state index contributed by atoms with van der Waals surface area (Å²) in [4.78, 5) is 10.6. The topological polar surface area (TPSA) is 37.3 Å². The van der Waals surface area contributed by atoms with Gasteiger partial charge in [-0.25, -0.2) is 8.78 Å². The van der Waals surface area contributed by atoms with Gasteiger partial charge in [-0.1, -0.05) is 6.07 Å². The lowest BCUT2D eigenvalue weighted by Crippen LogP contribution is -2.13. The predicted molar refractivity (Wildman–Crippen MR) is 49.5 cm³/mol. The van der Waals surface area contributed by atoms with E-state index < -0.39 is 23.0 Å². The second kappa shape index (κ2) is 3.29. The molecule has 1 aromatic carbocycles. The van der Waals surface area contributed by atoms with E-state index in [9.17, 15) is 13.6 Å². The van der Waals surface area contributed by atoms with E-state index in [0.717, 1.165) is 25.0 Å². The van der Waals surface area contributed by atoms with E-state index in [1.54, 1.807) is 0 Å². The van der Waals surface area contributed by atoms with Crippen LogP contribution in [-0.4, -0.2) is 11.1 Å². The first-order valence-corrected chi connectivity index (χ1v) is 4.71. The summed E-state index contributed by atoms with van der Waals surface area (Å²) in [7, 11) is 0. The number of carboxylic acids is 1. The van der Waals surface area contributed by atoms with Gasteiger partial charge in [-0.05, 0) is 30.5 Å². The van der Waals surface area contributed by atoms with Crippen molar-refractivity contribution in [2.24, 2.45) is 0 Å². The van der Waals surface area contributed by atoms with E-state index in [-0.39, 0.29) is 6.42 Å². The van der Waals surface area contributed by atoms with Crippen molar-refractivity contribution >= 4 is 5.97 Å². The molecule has 0 radical (unpaired) electrons. The molecular formula is C11H10F2O2. The highest BCUT2D eigenvalue weighted by Gasteiger charge is 2.46. The highest BCUT2D eigenvalue weighted by molar-refractivity contribution is 5.70. The smallest absolute Gasteiger partial charge is 0.304 e. The number of rotatable bonds is 3. The third-order valence-corrected chi connectivity index (χ3v) is 2.88. The van der Waals surface area contributed by atoms with E-state index in [1.165, 1.54) is 6.07 Å². The van der Waals surface area contributed by atoms with Crippen molar-refractivity contribution in [3.8, 4) is 0 Å². The van der Waals surface area contributed by atoms with Crippen LogP contribution in [0, 0.1) is 11.6 Å². The first-order valence-electron chi connectivity index (χ1n) is 4.71. The van der Waals surface area contributed by atoms with Gasteiger partial charge in [0.05, 0.1) is 6.42 Å². The molecule has 1 aliphatic carbocycles. The number of carbonyl (C=O) groups is 1. The lowest BCUT2D eigenvalue weighted by atomic mass is 9.92. The molecule has 0 aliphatic heterocycles. The third-order valence-electron chi connectivity index (χ3n) is 2.88. The molecule has 1 fully saturated rings. The Kier molecular flexibility index (Phi) is 2.21. The molecule has 15 heavy (non-hydrogen) atoms. The Hall–Kier alpha value is -1.45. The zero-order chi connectivity index (χ0) is 11.1. The summed E-state index contributed by atoms with van der Waals surface area (Å²) in [5.41, 5.74) is 0.129. The molecule has 0 saturated heterocycles. The van der Waals surface area contributed by atoms with Crippen molar-refractivity contribution < 1.29 is 18.7 Å². The van der Waals surface area contributed by atoms with Crippen molar-refractivity contribution in [1.29, 1.82) is 0 Å². The number of halogens is 2. The van der Waals surface area contributed by atoms with Crippen LogP contribution in [0.4, 0.5) is 8.78 Å². The number of aliphatic carboxylic acids is 1. The average molecular weight is 212 g/mol. The molecule has 0 amide bonds. The molecule has 4 heteroatoms. The minimum absolute atomic E-state index is 0.0158. The molecule has 0 atom stereocenters. The Morgan fingerprint density at radius 1 is 1.33 bits per heavy atom. The summed E-state index contributed by atoms with van der Waals surface area (Å²) in [5, 5.41) is 8.71. The van der Waals surface area contributed by atoms with Gasteiger partial charge in [0, 0.05) is 5.41 Å². The molecule has 0 aromatic heterocycles. The van der Waals surface area contributed by atoms with Gasteiger partial charge in [0.15, 0.2) is 11.6 Å². The summed E-state index contributed by atoms with van der Waals surface area (Å²) in [6, 6.07) is 3.62. The lowest BCUT2D eigenvalue weighted by molar-refractivity contribution is -0.137. The summed E-state index contributed by atoms with van der Waals surface area (Å²) >= 11 is 0. The fourth-order valence-electron chi connectivity index (χ4n) is 1.83. The van der Waals surface area contributed by atoms with Crippen molar-refractivity contribution in [2.45, 2.75) is 24.7 Å². The Morgan fingerprint density at radius 3 is 2.47 bits per heavy atom. The normalized spacial score (nSPS) is 17.5. The van der Waals surface area contributed by atoms with Crippen LogP contribution in [0.15, 0.2) is 18.2 Å². The molecule has 0 bridgehead atoms. The molecular weight excluding hydrogens is 202 g/mol. The monoisotopic (exact) mass is 212 g/mol. The minimum Gasteiger partial charge on any atom is -0.481 e. The molecule has 1 aromatic rings. The molecule has 1 N–H and O–H groups in total. The van der Waals surface area contributed by atoms with Crippen molar-refractivity contribution in [3.05, 3.63) is 35.4 Å². The molecule has 0 heterocycles. The van der Waals surface area contributed by atoms with Crippen LogP contribution < -0.4 is 0 Å². The second-order valence-corrected chi connectivity index (χ2v) is 3.98. The zero-order valence-electron chi connectivity index (χ0n) is 7.96. The van der Waals surface area contributed by atoms with Crippen LogP contribution in [0.5, 0.6) is 0 Å². The van der Waals surface area contributed by atoms with Crippen LogP contribution in [0.1, 0.15) is 24.8 Å². The van der Waals surface area contributed by atoms with E-state index in [4.69, 9.17) is 5.11 Å². The molecule has 1 saturated carbocycles. The Bertz CT molecular complexity index is 411. The quantitative estimate of drug-likeness (QED) is 0.835. The van der Waals surface area contributed by atoms with Crippen LogP contribution in [-0.2, 0) is 10.2 Å². The van der Waals surface area contributed by atoms with Crippen molar-refractivity contribution in [1.82, 2.24) is 0 Å². The summed E-state index contributed by atoms with van der Waals surface area (Å²) in [5.74, 6) is -2.72. The maximum Gasteiger partial charge on any atom is 0.304 e. The number of hydrogen-bond donors (Lipinski definition) is 1. The standard InChI is InChI=1S/C11H10F2O2/c12-8-2-1-7(5-9(8)13)11(3-4-11)6-10(14)15/h1-2,5H,3-4,6H2,(H,14,15). The van der Waals surface area contributed by atoms with E-state index >= 15 is 0 Å². The summed E-state index contributed by atoms with van der Waals surface area (Å²) < 4.78 is 25.6. The molecule has 2 rings (SSSR count). The highest BCUT2D eigenvalue weighted by atomic mass is 19.2. The van der Waals surface area contributed by atoms with Crippen LogP contribution >= 0.6 is 0 Å². The third kappa shape index (κ3) is 1.84. The van der Waals surface area contributed by atoms with Crippen LogP contribution in [0.2, 0.25) is 0 Å². The predicted octanol–water partition coefficient (Wildman–Crippen LogP) is 2.47. The number of benzene rings is 1. The zero-order valence-corrected chi connectivity index (χ0v) is 7.96. The van der Waals surface area contributed by atoms with Gasteiger partial charge >= 0.3 is 5.97 Å². The molecule has 0 unspecified atom stereocenters. The van der Waals surface area contributed by atoms with Gasteiger partial charge in [0.1, 0.15) is 0 Å². The molecule has 1 aliphatic rings. The lowest BCUT2D eigenvalue weighted by Gasteiger charge is -2.12. The summed E-state index contributed by atoms with van der Waals surface area (Å²) in [6.45, 7) is 0. The van der Waals surface area contributed by atoms with E-state index in [1.807, 2.05) is 0 Å². The van der Waals surface area contributed by atoms with E-state index in [2.05, 4.69) is 0 Å². The first-order chi connectivity index (χ1) is 7.03. The molecule has 80 valence electrons. The molecule has 0 spiro atoms. The Balaban J connectivity index is 2.29. The van der Waals surface area contributed by atoms with Crippen molar-refractivity contribution in [2.75, 3.05) is 0 Å². The van der Waals surface area contributed by atoms with Gasteiger partial charge in [0.2, 0.25) is 0 Å². The first kappa shape index (κ1) is 10.1. The van der Waals surface area contributed by atoms with Crippen molar-refractivity contribution in [3.63, 3.8) is 0 Å². The van der Waals surface area contributed by atoms with Gasteiger partial charge in [0.25, 0.3) is 0 Å². The Labute approximate surface area is 85.5 Å². The van der Waals surface area contributed by atoms with Crippen LogP contribution in [0.3, 0.4) is 0 Å². The van der Waals surface area contributed by atoms with Crippen LogP contribution in [0.25, 0.3) is 0 Å². The Morgan fingerprint density at radius 2 is 2.00 bits per heavy atom. The maximum absolute atomic E-state index is 13.0. The summed E-state index contributed by atoms with van der Waals surface area (Å²) in [6.07, 6.45) is 1.44. The number of hydrogen-bond acceptors (Lipinski definition) is 1. The van der Waals surface area contributed by atoms with Gasteiger partial charge in [-0.3, -0.25) is 4.79 Å². The largest absolute Gasteiger partial charge is 0.481 e. The van der Waals surface area contributed by atoms with Gasteiger partial charge in [-0.2, -0.15) is 0 Å². The highest BCUT2D eigenvalue weighted by Crippen LogP contribution is 2.51. The SMILES string of the molecule is O=C(O)CC1(c2ccc(F)c(F)c2)CC1. The fraction of sp³-hybridized carbons (Fsp3) is 0.364. The maximum atomic E-state index is 13.0. The van der Waals surface area contributed by atoms with Gasteiger partial charge < -0.3 is 5.11 Å².